The van der Waals surface area contributed by atoms with Crippen molar-refractivity contribution in [1.29, 1.82) is 0 Å². The third kappa shape index (κ3) is 8.11. The Balaban J connectivity index is 0.00000306. The molecule has 4 rings (SSSR count). The summed E-state index contributed by atoms with van der Waals surface area (Å²) in [6.07, 6.45) is 12.0. The van der Waals surface area contributed by atoms with Crippen LogP contribution in [0.2, 0.25) is 0 Å². The molecular formula is C25H43IN4O3. The fourth-order valence-corrected chi connectivity index (χ4v) is 5.11. The first-order valence-corrected chi connectivity index (χ1v) is 12.9. The highest BCUT2D eigenvalue weighted by Gasteiger charge is 2.27. The van der Waals surface area contributed by atoms with Crippen LogP contribution in [0, 0.1) is 0 Å². The molecule has 0 spiro atoms. The van der Waals surface area contributed by atoms with Gasteiger partial charge in [0, 0.05) is 26.2 Å². The van der Waals surface area contributed by atoms with Gasteiger partial charge < -0.3 is 24.1 Å². The molecule has 1 aromatic rings. The Morgan fingerprint density at radius 1 is 1.12 bits per heavy atom. The van der Waals surface area contributed by atoms with Gasteiger partial charge in [-0.3, -0.25) is 9.89 Å². The maximum absolute atomic E-state index is 6.21. The average molecular weight is 575 g/mol. The van der Waals surface area contributed by atoms with Crippen molar-refractivity contribution < 1.29 is 13.9 Å². The molecule has 3 saturated heterocycles. The van der Waals surface area contributed by atoms with Crippen LogP contribution >= 0.6 is 24.0 Å². The maximum atomic E-state index is 6.21. The van der Waals surface area contributed by atoms with Crippen LogP contribution in [0.3, 0.4) is 0 Å². The van der Waals surface area contributed by atoms with Crippen molar-refractivity contribution in [3.05, 3.63) is 24.2 Å². The fraction of sp³-hybridized carbons (Fsp3) is 0.800. The summed E-state index contributed by atoms with van der Waals surface area (Å²) in [5, 5.41) is 3.52. The van der Waals surface area contributed by atoms with E-state index in [0.717, 1.165) is 83.5 Å². The van der Waals surface area contributed by atoms with Gasteiger partial charge in [0.1, 0.15) is 5.76 Å². The summed E-state index contributed by atoms with van der Waals surface area (Å²) in [5.74, 6) is 2.05. The smallest absolute Gasteiger partial charge is 0.193 e. The van der Waals surface area contributed by atoms with Crippen molar-refractivity contribution in [2.75, 3.05) is 52.5 Å². The second-order valence-electron chi connectivity index (χ2n) is 9.33. The number of nitrogens with zero attached hydrogens (tertiary/aromatic N) is 3. The first-order valence-electron chi connectivity index (χ1n) is 12.9. The zero-order chi connectivity index (χ0) is 22.0. The minimum absolute atomic E-state index is 0. The van der Waals surface area contributed by atoms with Gasteiger partial charge in [0.2, 0.25) is 0 Å². The van der Waals surface area contributed by atoms with Crippen molar-refractivity contribution in [3.63, 3.8) is 0 Å². The average Bonchev–Trinajstić information content (AvgIpc) is 3.39. The fourth-order valence-electron chi connectivity index (χ4n) is 5.11. The minimum Gasteiger partial charge on any atom is -0.468 e. The van der Waals surface area contributed by atoms with Crippen LogP contribution in [0.1, 0.15) is 70.1 Å². The molecule has 0 radical (unpaired) electrons. The molecule has 2 atom stereocenters. The first kappa shape index (κ1) is 26.8. The predicted octanol–water partition coefficient (Wildman–Crippen LogP) is 4.44. The molecule has 0 aliphatic carbocycles. The largest absolute Gasteiger partial charge is 0.468 e. The summed E-state index contributed by atoms with van der Waals surface area (Å²) in [6, 6.07) is 4.31. The van der Waals surface area contributed by atoms with Gasteiger partial charge in [-0.1, -0.05) is 6.42 Å². The van der Waals surface area contributed by atoms with Crippen LogP contribution in [-0.2, 0) is 9.47 Å². The van der Waals surface area contributed by atoms with Crippen molar-refractivity contribution in [2.24, 2.45) is 4.99 Å². The van der Waals surface area contributed by atoms with E-state index in [1.807, 2.05) is 6.07 Å². The third-order valence-electron chi connectivity index (χ3n) is 6.99. The summed E-state index contributed by atoms with van der Waals surface area (Å²) in [4.78, 5) is 10.0. The van der Waals surface area contributed by atoms with Crippen molar-refractivity contribution in [2.45, 2.75) is 76.5 Å². The van der Waals surface area contributed by atoms with Gasteiger partial charge in [0.15, 0.2) is 5.96 Å². The Morgan fingerprint density at radius 2 is 1.94 bits per heavy atom. The van der Waals surface area contributed by atoms with E-state index in [0.29, 0.717) is 12.2 Å². The van der Waals surface area contributed by atoms with E-state index in [1.165, 1.54) is 32.1 Å². The van der Waals surface area contributed by atoms with Gasteiger partial charge in [0.05, 0.1) is 37.7 Å². The van der Waals surface area contributed by atoms with Crippen molar-refractivity contribution in [3.8, 4) is 0 Å². The van der Waals surface area contributed by atoms with Crippen molar-refractivity contribution in [1.82, 2.24) is 15.1 Å². The van der Waals surface area contributed by atoms with E-state index in [4.69, 9.17) is 18.9 Å². The highest BCUT2D eigenvalue weighted by Crippen LogP contribution is 2.26. The zero-order valence-electron chi connectivity index (χ0n) is 20.3. The molecule has 3 fully saturated rings. The minimum atomic E-state index is 0. The molecule has 8 heteroatoms. The number of aliphatic imine (C=N–C) groups is 1. The Hall–Kier alpha value is -0.840. The standard InChI is InChI=1S/C25H42N4O3.HI/c1-2-26-25(27-19-23(24-10-8-18-31-24)28-13-5-3-6-14-28)29-15-11-21(12-16-29)32-20-22-9-4-7-17-30-22;/h8,10,18,21-23H,2-7,9,11-17,19-20H2,1H3,(H,26,27);1H. The number of ether oxygens (including phenoxy) is 2. The number of hydrogen-bond donors (Lipinski definition) is 1. The van der Waals surface area contributed by atoms with Crippen LogP contribution in [0.5, 0.6) is 0 Å². The summed E-state index contributed by atoms with van der Waals surface area (Å²) >= 11 is 0. The lowest BCUT2D eigenvalue weighted by Crippen LogP contribution is -2.47. The third-order valence-corrected chi connectivity index (χ3v) is 6.99. The Labute approximate surface area is 216 Å². The number of furan rings is 1. The molecule has 4 heterocycles. The number of hydrogen-bond acceptors (Lipinski definition) is 5. The van der Waals surface area contributed by atoms with Crippen LogP contribution in [0.15, 0.2) is 27.8 Å². The number of piperidine rings is 2. The molecule has 1 aromatic heterocycles. The number of rotatable bonds is 8. The molecule has 0 amide bonds. The molecule has 0 bridgehead atoms. The highest BCUT2D eigenvalue weighted by atomic mass is 127. The van der Waals surface area contributed by atoms with Crippen LogP contribution < -0.4 is 5.32 Å². The SMILES string of the molecule is CCNC(=NCC(c1ccco1)N1CCCCC1)N1CCC(OCC2CCCCO2)CC1.I. The predicted molar refractivity (Wildman–Crippen MR) is 142 cm³/mol. The number of halogens is 1. The van der Waals surface area contributed by atoms with Crippen molar-refractivity contribution >= 4 is 29.9 Å². The first-order chi connectivity index (χ1) is 15.8. The molecule has 2 unspecified atom stereocenters. The van der Waals surface area contributed by atoms with Gasteiger partial charge in [-0.2, -0.15) is 0 Å². The van der Waals surface area contributed by atoms with Crippen LogP contribution in [-0.4, -0.2) is 80.4 Å². The van der Waals surface area contributed by atoms with E-state index in [2.05, 4.69) is 28.1 Å². The summed E-state index contributed by atoms with van der Waals surface area (Å²) in [7, 11) is 0. The monoisotopic (exact) mass is 574 g/mol. The van der Waals surface area contributed by atoms with E-state index in [9.17, 15) is 0 Å². The number of guanidine groups is 1. The quantitative estimate of drug-likeness (QED) is 0.282. The maximum Gasteiger partial charge on any atom is 0.193 e. The summed E-state index contributed by atoms with van der Waals surface area (Å²) in [6.45, 7) is 9.62. The molecule has 7 nitrogen and oxygen atoms in total. The van der Waals surface area contributed by atoms with Gasteiger partial charge in [0.25, 0.3) is 0 Å². The van der Waals surface area contributed by atoms with Gasteiger partial charge in [-0.15, -0.1) is 24.0 Å². The topological polar surface area (TPSA) is 62.5 Å². The highest BCUT2D eigenvalue weighted by molar-refractivity contribution is 14.0. The van der Waals surface area contributed by atoms with Crippen LogP contribution in [0.4, 0.5) is 0 Å². The second kappa shape index (κ2) is 14.5. The number of nitrogens with one attached hydrogen (secondary N) is 1. The molecule has 1 N–H and O–H groups in total. The van der Waals surface area contributed by atoms with E-state index >= 15 is 0 Å². The molecule has 3 aliphatic heterocycles. The summed E-state index contributed by atoms with van der Waals surface area (Å²) in [5.41, 5.74) is 0. The molecule has 33 heavy (non-hydrogen) atoms. The zero-order valence-corrected chi connectivity index (χ0v) is 22.6. The molecular weight excluding hydrogens is 531 g/mol. The van der Waals surface area contributed by atoms with Gasteiger partial charge in [-0.05, 0) is 77.1 Å². The molecule has 0 saturated carbocycles. The Bertz CT molecular complexity index is 667. The number of likely N-dealkylation sites (tertiary alicyclic amines) is 2. The Morgan fingerprint density at radius 3 is 2.61 bits per heavy atom. The van der Waals surface area contributed by atoms with E-state index in [-0.39, 0.29) is 30.0 Å². The molecule has 0 aromatic carbocycles. The Kier molecular flexibility index (Phi) is 11.8. The lowest BCUT2D eigenvalue weighted by Gasteiger charge is -2.36. The normalized spacial score (nSPS) is 24.3. The second-order valence-corrected chi connectivity index (χ2v) is 9.33. The van der Waals surface area contributed by atoms with E-state index < -0.39 is 0 Å². The lowest BCUT2D eigenvalue weighted by atomic mass is 10.1. The van der Waals surface area contributed by atoms with Gasteiger partial charge in [-0.25, -0.2) is 0 Å². The summed E-state index contributed by atoms with van der Waals surface area (Å²) < 4.78 is 17.8. The molecule has 188 valence electrons. The lowest BCUT2D eigenvalue weighted by molar-refractivity contribution is -0.0721. The van der Waals surface area contributed by atoms with Gasteiger partial charge >= 0.3 is 0 Å². The van der Waals surface area contributed by atoms with Crippen LogP contribution in [0.25, 0.3) is 0 Å². The van der Waals surface area contributed by atoms with E-state index in [1.54, 1.807) is 6.26 Å². The molecule has 3 aliphatic rings.